The lowest BCUT2D eigenvalue weighted by molar-refractivity contribution is 0.0868. The molecule has 0 radical (unpaired) electrons. The largest absolute Gasteiger partial charge is 0.396 e. The zero-order chi connectivity index (χ0) is 14.7. The van der Waals surface area contributed by atoms with Crippen LogP contribution in [0.25, 0.3) is 9.88 Å². The lowest BCUT2D eigenvalue weighted by Crippen LogP contribution is -2.43. The fourth-order valence-corrected chi connectivity index (χ4v) is 4.36. The smallest absolute Gasteiger partial charge is 0.271 e. The average Bonchev–Trinajstić information content (AvgIpc) is 3.18. The number of thiophene rings is 1. The summed E-state index contributed by atoms with van der Waals surface area (Å²) in [5, 5.41) is 17.2. The summed E-state index contributed by atoms with van der Waals surface area (Å²) in [6, 6.07) is 4.06. The van der Waals surface area contributed by atoms with Crippen LogP contribution in [0, 0.1) is 5.92 Å². The quantitative estimate of drug-likeness (QED) is 0.909. The van der Waals surface area contributed by atoms with E-state index < -0.39 is 0 Å². The minimum atomic E-state index is -0.126. The van der Waals surface area contributed by atoms with Crippen LogP contribution < -0.4 is 5.32 Å². The Morgan fingerprint density at radius 1 is 1.38 bits per heavy atom. The SMILES string of the molecule is O=C(NC1CCCCC1CO)c1csc(-c2cccs2)n1. The molecule has 6 heteroatoms. The van der Waals surface area contributed by atoms with E-state index in [-0.39, 0.29) is 24.5 Å². The Morgan fingerprint density at radius 3 is 3.00 bits per heavy atom. The number of carbonyl (C=O) groups is 1. The van der Waals surface area contributed by atoms with Crippen molar-refractivity contribution >= 4 is 28.6 Å². The van der Waals surface area contributed by atoms with Gasteiger partial charge in [-0.05, 0) is 24.3 Å². The average molecular weight is 322 g/mol. The second-order valence-corrected chi connectivity index (χ2v) is 7.13. The molecule has 112 valence electrons. The molecule has 0 spiro atoms. The molecule has 0 aromatic carbocycles. The van der Waals surface area contributed by atoms with Crippen molar-refractivity contribution in [1.82, 2.24) is 10.3 Å². The fraction of sp³-hybridized carbons (Fsp3) is 0.467. The number of thiazole rings is 1. The van der Waals surface area contributed by atoms with Crippen LogP contribution in [0.3, 0.4) is 0 Å². The zero-order valence-electron chi connectivity index (χ0n) is 11.6. The van der Waals surface area contributed by atoms with Crippen LogP contribution in [-0.2, 0) is 0 Å². The summed E-state index contributed by atoms with van der Waals surface area (Å²) in [7, 11) is 0. The lowest BCUT2D eigenvalue weighted by Gasteiger charge is -2.30. The number of carbonyl (C=O) groups excluding carboxylic acids is 1. The minimum Gasteiger partial charge on any atom is -0.396 e. The molecule has 2 heterocycles. The lowest BCUT2D eigenvalue weighted by atomic mass is 9.85. The van der Waals surface area contributed by atoms with Crippen LogP contribution in [0.4, 0.5) is 0 Å². The summed E-state index contributed by atoms with van der Waals surface area (Å²) >= 11 is 3.12. The Bertz CT molecular complexity index is 595. The Morgan fingerprint density at radius 2 is 2.24 bits per heavy atom. The number of aliphatic hydroxyl groups excluding tert-OH is 1. The highest BCUT2D eigenvalue weighted by Gasteiger charge is 2.26. The third-order valence-electron chi connectivity index (χ3n) is 3.93. The van der Waals surface area contributed by atoms with E-state index in [1.165, 1.54) is 11.3 Å². The molecule has 0 aliphatic heterocycles. The Kier molecular flexibility index (Phi) is 4.67. The number of aliphatic hydroxyl groups is 1. The summed E-state index contributed by atoms with van der Waals surface area (Å²) in [5.41, 5.74) is 0.477. The van der Waals surface area contributed by atoms with Crippen LogP contribution in [0.1, 0.15) is 36.2 Å². The Labute approximate surface area is 131 Å². The maximum absolute atomic E-state index is 12.3. The van der Waals surface area contributed by atoms with Gasteiger partial charge in [-0.15, -0.1) is 22.7 Å². The molecule has 2 atom stereocenters. The van der Waals surface area contributed by atoms with Crippen LogP contribution in [-0.4, -0.2) is 28.6 Å². The number of amides is 1. The fourth-order valence-electron chi connectivity index (χ4n) is 2.75. The van der Waals surface area contributed by atoms with Crippen LogP contribution in [0.5, 0.6) is 0 Å². The minimum absolute atomic E-state index is 0.0723. The Balaban J connectivity index is 1.68. The Hall–Kier alpha value is -1.24. The molecule has 1 amide bonds. The number of hydrogen-bond donors (Lipinski definition) is 2. The van der Waals surface area contributed by atoms with Crippen molar-refractivity contribution in [2.24, 2.45) is 5.92 Å². The van der Waals surface area contributed by atoms with Crippen molar-refractivity contribution in [1.29, 1.82) is 0 Å². The molecule has 1 aliphatic carbocycles. The highest BCUT2D eigenvalue weighted by atomic mass is 32.1. The van der Waals surface area contributed by atoms with Crippen molar-refractivity contribution in [2.45, 2.75) is 31.7 Å². The van der Waals surface area contributed by atoms with Crippen molar-refractivity contribution in [2.75, 3.05) is 6.61 Å². The van der Waals surface area contributed by atoms with Gasteiger partial charge in [-0.3, -0.25) is 4.79 Å². The monoisotopic (exact) mass is 322 g/mol. The van der Waals surface area contributed by atoms with Gasteiger partial charge in [0.05, 0.1) is 4.88 Å². The number of hydrogen-bond acceptors (Lipinski definition) is 5. The molecule has 4 nitrogen and oxygen atoms in total. The maximum Gasteiger partial charge on any atom is 0.271 e. The summed E-state index contributed by atoms with van der Waals surface area (Å²) < 4.78 is 0. The third-order valence-corrected chi connectivity index (χ3v) is 5.81. The molecule has 0 bridgehead atoms. The molecule has 21 heavy (non-hydrogen) atoms. The molecule has 1 saturated carbocycles. The standard InChI is InChI=1S/C15H18N2O2S2/c18-8-10-4-1-2-5-11(10)16-14(19)12-9-21-15(17-12)13-6-3-7-20-13/h3,6-7,9-11,18H,1-2,4-5,8H2,(H,16,19). The predicted molar refractivity (Wildman–Crippen MR) is 85.7 cm³/mol. The van der Waals surface area contributed by atoms with Gasteiger partial charge in [0.25, 0.3) is 5.91 Å². The van der Waals surface area contributed by atoms with Crippen LogP contribution >= 0.6 is 22.7 Å². The molecule has 2 aromatic heterocycles. The van der Waals surface area contributed by atoms with E-state index in [0.717, 1.165) is 35.6 Å². The number of nitrogens with one attached hydrogen (secondary N) is 1. The first-order valence-electron chi connectivity index (χ1n) is 7.19. The van der Waals surface area contributed by atoms with E-state index in [9.17, 15) is 9.90 Å². The molecule has 2 unspecified atom stereocenters. The molecular weight excluding hydrogens is 304 g/mol. The molecule has 1 aliphatic rings. The van der Waals surface area contributed by atoms with Gasteiger partial charge in [0, 0.05) is 23.9 Å². The molecule has 2 aromatic rings. The van der Waals surface area contributed by atoms with Gasteiger partial charge >= 0.3 is 0 Å². The van der Waals surface area contributed by atoms with Crippen molar-refractivity contribution in [3.05, 3.63) is 28.6 Å². The number of rotatable bonds is 4. The van der Waals surface area contributed by atoms with E-state index in [1.807, 2.05) is 17.5 Å². The van der Waals surface area contributed by atoms with E-state index in [0.29, 0.717) is 5.69 Å². The van der Waals surface area contributed by atoms with Gasteiger partial charge < -0.3 is 10.4 Å². The van der Waals surface area contributed by atoms with Gasteiger partial charge in [0.15, 0.2) is 0 Å². The second-order valence-electron chi connectivity index (χ2n) is 5.32. The summed E-state index contributed by atoms with van der Waals surface area (Å²) in [5.74, 6) is 0.0532. The summed E-state index contributed by atoms with van der Waals surface area (Å²) in [4.78, 5) is 17.8. The third kappa shape index (κ3) is 3.33. The van der Waals surface area contributed by atoms with Crippen LogP contribution in [0.2, 0.25) is 0 Å². The second kappa shape index (κ2) is 6.68. The van der Waals surface area contributed by atoms with Gasteiger partial charge in [-0.2, -0.15) is 0 Å². The summed E-state index contributed by atoms with van der Waals surface area (Å²) in [6.07, 6.45) is 4.17. The van der Waals surface area contributed by atoms with E-state index in [2.05, 4.69) is 10.3 Å². The van der Waals surface area contributed by atoms with E-state index in [1.54, 1.807) is 16.7 Å². The van der Waals surface area contributed by atoms with Crippen LogP contribution in [0.15, 0.2) is 22.9 Å². The van der Waals surface area contributed by atoms with Gasteiger partial charge in [-0.25, -0.2) is 4.98 Å². The van der Waals surface area contributed by atoms with E-state index >= 15 is 0 Å². The van der Waals surface area contributed by atoms with Crippen molar-refractivity contribution in [3.8, 4) is 9.88 Å². The van der Waals surface area contributed by atoms with Gasteiger partial charge in [0.2, 0.25) is 0 Å². The highest BCUT2D eigenvalue weighted by molar-refractivity contribution is 7.20. The van der Waals surface area contributed by atoms with Crippen molar-refractivity contribution in [3.63, 3.8) is 0 Å². The van der Waals surface area contributed by atoms with Gasteiger partial charge in [0.1, 0.15) is 10.7 Å². The predicted octanol–water partition coefficient (Wildman–Crippen LogP) is 3.15. The molecular formula is C15H18N2O2S2. The summed E-state index contributed by atoms with van der Waals surface area (Å²) in [6.45, 7) is 0.141. The van der Waals surface area contributed by atoms with Gasteiger partial charge in [-0.1, -0.05) is 18.9 Å². The molecule has 1 fully saturated rings. The topological polar surface area (TPSA) is 62.2 Å². The normalized spacial score (nSPS) is 22.1. The van der Waals surface area contributed by atoms with E-state index in [4.69, 9.17) is 0 Å². The first-order chi connectivity index (χ1) is 10.3. The highest BCUT2D eigenvalue weighted by Crippen LogP contribution is 2.28. The molecule has 3 rings (SSSR count). The number of nitrogens with zero attached hydrogens (tertiary/aromatic N) is 1. The molecule has 0 saturated heterocycles. The maximum atomic E-state index is 12.3. The molecule has 2 N–H and O–H groups in total. The van der Waals surface area contributed by atoms with Crippen molar-refractivity contribution < 1.29 is 9.90 Å². The first kappa shape index (κ1) is 14.7. The zero-order valence-corrected chi connectivity index (χ0v) is 13.3. The number of aromatic nitrogens is 1. The first-order valence-corrected chi connectivity index (χ1v) is 8.95.